The molecule has 0 bridgehead atoms. The molecule has 0 radical (unpaired) electrons. The summed E-state index contributed by atoms with van der Waals surface area (Å²) in [6.07, 6.45) is -5.14. The number of carbonyl (C=O) groups excluding carboxylic acids is 3. The molecule has 38 heavy (non-hydrogen) atoms. The van der Waals surface area contributed by atoms with Crippen LogP contribution in [0.2, 0.25) is 10.0 Å². The smallest absolute Gasteiger partial charge is 0.481 e. The summed E-state index contributed by atoms with van der Waals surface area (Å²) in [5.74, 6) is -5.73. The maximum Gasteiger partial charge on any atom is 0.511 e. The second-order valence-electron chi connectivity index (χ2n) is 9.81. The molecule has 0 heterocycles. The zero-order valence-corrected chi connectivity index (χ0v) is 22.6. The Morgan fingerprint density at radius 2 is 1.76 bits per heavy atom. The number of amides is 1. The van der Waals surface area contributed by atoms with Crippen molar-refractivity contribution >= 4 is 47.4 Å². The highest BCUT2D eigenvalue weighted by molar-refractivity contribution is 6.42. The molecule has 3 rings (SSSR count). The van der Waals surface area contributed by atoms with Crippen molar-refractivity contribution in [1.82, 2.24) is 5.32 Å². The maximum absolute atomic E-state index is 13.5. The van der Waals surface area contributed by atoms with Crippen LogP contribution in [-0.2, 0) is 39.9 Å². The lowest BCUT2D eigenvalue weighted by molar-refractivity contribution is -0.175. The number of alkyl carbamates (subject to hydrolysis) is 1. The van der Waals surface area contributed by atoms with Crippen molar-refractivity contribution in [2.75, 3.05) is 13.4 Å². The van der Waals surface area contributed by atoms with Crippen LogP contribution in [0.3, 0.4) is 0 Å². The number of ether oxygens (including phenoxy) is 5. The summed E-state index contributed by atoms with van der Waals surface area (Å²) >= 11 is 12.0. The van der Waals surface area contributed by atoms with Crippen molar-refractivity contribution in [2.24, 2.45) is 17.8 Å². The molecule has 3 N–H and O–H groups in total. The molecule has 2 aliphatic carbocycles. The lowest BCUT2D eigenvalue weighted by atomic mass is 9.86. The van der Waals surface area contributed by atoms with Crippen LogP contribution in [-0.4, -0.2) is 71.1 Å². The third kappa shape index (κ3) is 6.25. The van der Waals surface area contributed by atoms with Crippen LogP contribution in [0.15, 0.2) is 18.2 Å². The first-order valence-corrected chi connectivity index (χ1v) is 12.4. The fourth-order valence-electron chi connectivity index (χ4n) is 4.71. The molecule has 6 atom stereocenters. The zero-order valence-electron chi connectivity index (χ0n) is 21.1. The van der Waals surface area contributed by atoms with Gasteiger partial charge in [-0.2, -0.15) is 0 Å². The summed E-state index contributed by atoms with van der Waals surface area (Å²) < 4.78 is 25.6. The quantitative estimate of drug-likeness (QED) is 0.224. The number of benzene rings is 1. The van der Waals surface area contributed by atoms with E-state index in [9.17, 15) is 29.4 Å². The molecule has 12 nitrogen and oxygen atoms in total. The molecule has 210 valence electrons. The fourth-order valence-corrected chi connectivity index (χ4v) is 5.03. The third-order valence-corrected chi connectivity index (χ3v) is 6.87. The Kier molecular flexibility index (Phi) is 9.02. The van der Waals surface area contributed by atoms with E-state index in [2.05, 4.69) is 14.8 Å². The summed E-state index contributed by atoms with van der Waals surface area (Å²) in [4.78, 5) is 49.8. The van der Waals surface area contributed by atoms with Gasteiger partial charge in [-0.05, 0) is 45.4 Å². The normalized spacial score (nSPS) is 27.6. The van der Waals surface area contributed by atoms with Gasteiger partial charge in [0.25, 0.3) is 0 Å². The molecule has 0 aromatic heterocycles. The number of halogens is 2. The molecular weight excluding hydrogens is 549 g/mol. The molecule has 0 saturated heterocycles. The van der Waals surface area contributed by atoms with Gasteiger partial charge in [0, 0.05) is 11.8 Å². The number of aliphatic hydroxyl groups excluding tert-OH is 1. The number of carbonyl (C=O) groups is 4. The summed E-state index contributed by atoms with van der Waals surface area (Å²) in [7, 11) is 0. The van der Waals surface area contributed by atoms with Crippen LogP contribution in [0.25, 0.3) is 0 Å². The van der Waals surface area contributed by atoms with E-state index in [0.29, 0.717) is 10.6 Å². The van der Waals surface area contributed by atoms with Gasteiger partial charge in [0.1, 0.15) is 11.7 Å². The molecule has 0 unspecified atom stereocenters. The van der Waals surface area contributed by atoms with Crippen molar-refractivity contribution in [3.8, 4) is 0 Å². The third-order valence-electron chi connectivity index (χ3n) is 6.13. The molecule has 0 aliphatic heterocycles. The van der Waals surface area contributed by atoms with Crippen LogP contribution in [0.5, 0.6) is 0 Å². The van der Waals surface area contributed by atoms with Crippen molar-refractivity contribution in [2.45, 2.75) is 57.6 Å². The van der Waals surface area contributed by atoms with Crippen molar-refractivity contribution in [1.29, 1.82) is 0 Å². The Balaban J connectivity index is 1.94. The number of carboxylic acids is 1. The molecule has 1 aromatic carbocycles. The van der Waals surface area contributed by atoms with Crippen molar-refractivity contribution in [3.63, 3.8) is 0 Å². The summed E-state index contributed by atoms with van der Waals surface area (Å²) in [5.41, 5.74) is -2.67. The van der Waals surface area contributed by atoms with Gasteiger partial charge in [-0.3, -0.25) is 4.79 Å². The molecule has 1 amide bonds. The average molecular weight is 578 g/mol. The summed E-state index contributed by atoms with van der Waals surface area (Å²) in [6, 6.07) is 4.64. The number of hydrogen-bond donors (Lipinski definition) is 3. The highest BCUT2D eigenvalue weighted by Crippen LogP contribution is 2.63. The number of nitrogens with one attached hydrogen (secondary N) is 1. The van der Waals surface area contributed by atoms with Crippen LogP contribution in [0.1, 0.15) is 33.3 Å². The van der Waals surface area contributed by atoms with Crippen molar-refractivity contribution in [3.05, 3.63) is 33.8 Å². The summed E-state index contributed by atoms with van der Waals surface area (Å²) in [6.45, 7) is 5.23. The Labute approximate surface area is 228 Å². The number of hydrogen-bond acceptors (Lipinski definition) is 10. The van der Waals surface area contributed by atoms with Crippen LogP contribution in [0, 0.1) is 17.8 Å². The topological polar surface area (TPSA) is 167 Å². The maximum atomic E-state index is 13.5. The number of esters is 1. The van der Waals surface area contributed by atoms with Gasteiger partial charge in [-0.25, -0.2) is 14.4 Å². The van der Waals surface area contributed by atoms with Gasteiger partial charge in [0.2, 0.25) is 6.79 Å². The first-order chi connectivity index (χ1) is 17.7. The van der Waals surface area contributed by atoms with Crippen LogP contribution >= 0.6 is 23.2 Å². The molecule has 2 saturated carbocycles. The molecule has 1 aromatic rings. The molecular formula is C24H29Cl2NO11. The highest BCUT2D eigenvalue weighted by Gasteiger charge is 2.81. The van der Waals surface area contributed by atoms with Gasteiger partial charge in [-0.15, -0.1) is 0 Å². The van der Waals surface area contributed by atoms with Gasteiger partial charge in [-0.1, -0.05) is 29.3 Å². The number of aliphatic carboxylic acids is 1. The van der Waals surface area contributed by atoms with E-state index in [1.54, 1.807) is 33.8 Å². The molecule has 2 fully saturated rings. The predicted molar refractivity (Wildman–Crippen MR) is 130 cm³/mol. The van der Waals surface area contributed by atoms with E-state index in [1.165, 1.54) is 12.1 Å². The predicted octanol–water partition coefficient (Wildman–Crippen LogP) is 3.14. The lowest BCUT2D eigenvalue weighted by Crippen LogP contribution is -2.66. The first-order valence-electron chi connectivity index (χ1n) is 11.7. The first kappa shape index (κ1) is 29.8. The minimum absolute atomic E-state index is 0.0117. The van der Waals surface area contributed by atoms with Gasteiger partial charge < -0.3 is 39.2 Å². The average Bonchev–Trinajstić information content (AvgIpc) is 3.51. The number of aliphatic hydroxyl groups is 1. The number of fused-ring (bicyclic) bond motifs is 1. The van der Waals surface area contributed by atoms with E-state index < -0.39 is 72.1 Å². The number of carboxylic acid groups (broad SMARTS) is 1. The Morgan fingerprint density at radius 1 is 1.08 bits per heavy atom. The second-order valence-corrected chi connectivity index (χ2v) is 10.6. The lowest BCUT2D eigenvalue weighted by Gasteiger charge is -2.38. The van der Waals surface area contributed by atoms with E-state index in [1.807, 2.05) is 0 Å². The van der Waals surface area contributed by atoms with Crippen molar-refractivity contribution < 1.29 is 53.1 Å². The monoisotopic (exact) mass is 577 g/mol. The zero-order chi connectivity index (χ0) is 28.4. The van der Waals surface area contributed by atoms with E-state index in [0.717, 1.165) is 0 Å². The van der Waals surface area contributed by atoms with Gasteiger partial charge >= 0.3 is 24.2 Å². The van der Waals surface area contributed by atoms with Crippen LogP contribution < -0.4 is 5.32 Å². The standard InChI is InChI=1S/C24H29Cl2NO11/c1-5-34-22(33)37-10-36-20(31)24(27-21(32)38-23(2,3)4)16-14(15(16)19(29)30)17(28)18(24)35-9-11-6-7-12(25)13(26)8-11/h6-8,14-18,28H,5,9-10H2,1-4H3,(H,27,32)(H,29,30)/t14-,15-,16-,17-,18+,24+/m0/s1. The highest BCUT2D eigenvalue weighted by atomic mass is 35.5. The summed E-state index contributed by atoms with van der Waals surface area (Å²) in [5, 5.41) is 23.7. The largest absolute Gasteiger partial charge is 0.511 e. The Bertz CT molecular complexity index is 1090. The molecule has 0 spiro atoms. The fraction of sp³-hybridized carbons (Fsp3) is 0.583. The van der Waals surface area contributed by atoms with Gasteiger partial charge in [0.05, 0.1) is 35.3 Å². The number of rotatable bonds is 9. The van der Waals surface area contributed by atoms with E-state index in [4.69, 9.17) is 37.4 Å². The molecule has 2 aliphatic rings. The Morgan fingerprint density at radius 3 is 2.34 bits per heavy atom. The van der Waals surface area contributed by atoms with Crippen LogP contribution in [0.4, 0.5) is 9.59 Å². The van der Waals surface area contributed by atoms with E-state index >= 15 is 0 Å². The van der Waals surface area contributed by atoms with E-state index in [-0.39, 0.29) is 18.2 Å². The van der Waals surface area contributed by atoms with Gasteiger partial charge in [0.15, 0.2) is 5.54 Å². The molecule has 14 heteroatoms. The minimum atomic E-state index is -2.20. The Hall–Kier alpha value is -2.80. The minimum Gasteiger partial charge on any atom is -0.481 e. The second kappa shape index (κ2) is 11.5. The SMILES string of the molecule is CCOC(=O)OCOC(=O)[C@@]1(NC(=O)OC(C)(C)C)[C@@H]2[C@@H](C(=O)O)[C@@H]2[C@H](O)[C@H]1OCc1ccc(Cl)c(Cl)c1.